The van der Waals surface area contributed by atoms with Crippen LogP contribution in [0.2, 0.25) is 0 Å². The van der Waals surface area contributed by atoms with E-state index >= 15 is 0 Å². The third-order valence-electron chi connectivity index (χ3n) is 3.50. The first-order valence-electron chi connectivity index (χ1n) is 7.08. The van der Waals surface area contributed by atoms with E-state index in [9.17, 15) is 4.79 Å². The van der Waals surface area contributed by atoms with E-state index in [1.807, 2.05) is 31.2 Å². The number of amides is 1. The van der Waals surface area contributed by atoms with Gasteiger partial charge in [0.1, 0.15) is 18.2 Å². The van der Waals surface area contributed by atoms with Crippen molar-refractivity contribution in [2.24, 2.45) is 0 Å². The molecule has 0 saturated heterocycles. The number of carbonyl (C=O) groups excluding carboxylic acids is 1. The second kappa shape index (κ2) is 5.91. The molecule has 2 aromatic rings. The van der Waals surface area contributed by atoms with Gasteiger partial charge < -0.3 is 10.1 Å². The average molecular weight is 283 g/mol. The minimum atomic E-state index is -0.161. The standard InChI is InChI=1S/C16H17N3O2/c1-2-15-17-8-12(9-18-15)16(20)19-13-7-11-5-3-4-6-14(11)21-10-13/h3-6,8-9,13H,2,7,10H2,1H3,(H,19,20)/t13-/m1/s1. The van der Waals surface area contributed by atoms with Crippen LogP contribution in [0, 0.1) is 0 Å². The third kappa shape index (κ3) is 3.02. The van der Waals surface area contributed by atoms with Gasteiger partial charge in [0.2, 0.25) is 0 Å². The molecule has 0 bridgehead atoms. The number of fused-ring (bicyclic) bond motifs is 1. The van der Waals surface area contributed by atoms with E-state index in [1.54, 1.807) is 12.4 Å². The highest BCUT2D eigenvalue weighted by Crippen LogP contribution is 2.23. The number of aryl methyl sites for hydroxylation is 1. The predicted octanol–water partition coefficient (Wildman–Crippen LogP) is 1.77. The lowest BCUT2D eigenvalue weighted by molar-refractivity contribution is 0.0914. The third-order valence-corrected chi connectivity index (χ3v) is 3.50. The van der Waals surface area contributed by atoms with E-state index < -0.39 is 0 Å². The maximum Gasteiger partial charge on any atom is 0.254 e. The van der Waals surface area contributed by atoms with Gasteiger partial charge in [-0.3, -0.25) is 4.79 Å². The van der Waals surface area contributed by atoms with Crippen molar-refractivity contribution >= 4 is 5.91 Å². The van der Waals surface area contributed by atoms with Crippen LogP contribution in [0.5, 0.6) is 5.75 Å². The van der Waals surface area contributed by atoms with Crippen LogP contribution in [-0.4, -0.2) is 28.5 Å². The quantitative estimate of drug-likeness (QED) is 0.932. The largest absolute Gasteiger partial charge is 0.491 e. The maximum absolute atomic E-state index is 12.2. The van der Waals surface area contributed by atoms with E-state index in [4.69, 9.17) is 4.74 Å². The number of nitrogens with one attached hydrogen (secondary N) is 1. The molecule has 1 N–H and O–H groups in total. The van der Waals surface area contributed by atoms with Crippen LogP contribution in [0.15, 0.2) is 36.7 Å². The molecule has 1 atom stereocenters. The molecule has 5 heteroatoms. The number of nitrogens with zero attached hydrogens (tertiary/aromatic N) is 2. The number of aromatic nitrogens is 2. The zero-order chi connectivity index (χ0) is 14.7. The number of carbonyl (C=O) groups is 1. The van der Waals surface area contributed by atoms with Gasteiger partial charge in [-0.15, -0.1) is 0 Å². The lowest BCUT2D eigenvalue weighted by Crippen LogP contribution is -2.42. The summed E-state index contributed by atoms with van der Waals surface area (Å²) in [5.74, 6) is 1.48. The van der Waals surface area contributed by atoms with Gasteiger partial charge in [0, 0.05) is 18.8 Å². The van der Waals surface area contributed by atoms with E-state index in [2.05, 4.69) is 15.3 Å². The summed E-state index contributed by atoms with van der Waals surface area (Å²) >= 11 is 0. The first-order valence-corrected chi connectivity index (χ1v) is 7.08. The van der Waals surface area contributed by atoms with Crippen molar-refractivity contribution in [3.05, 3.63) is 53.6 Å². The zero-order valence-corrected chi connectivity index (χ0v) is 11.9. The molecule has 0 spiro atoms. The second-order valence-corrected chi connectivity index (χ2v) is 5.03. The van der Waals surface area contributed by atoms with E-state index in [0.29, 0.717) is 12.2 Å². The fourth-order valence-electron chi connectivity index (χ4n) is 2.34. The number of ether oxygens (including phenoxy) is 1. The molecule has 0 fully saturated rings. The highest BCUT2D eigenvalue weighted by atomic mass is 16.5. The van der Waals surface area contributed by atoms with Gasteiger partial charge in [0.05, 0.1) is 11.6 Å². The fourth-order valence-corrected chi connectivity index (χ4v) is 2.34. The fraction of sp³-hybridized carbons (Fsp3) is 0.312. The number of rotatable bonds is 3. The molecule has 5 nitrogen and oxygen atoms in total. The summed E-state index contributed by atoms with van der Waals surface area (Å²) in [6.45, 7) is 2.46. The van der Waals surface area contributed by atoms with Crippen LogP contribution in [0.1, 0.15) is 28.7 Å². The summed E-state index contributed by atoms with van der Waals surface area (Å²) in [6.07, 6.45) is 4.67. The molecule has 1 amide bonds. The van der Waals surface area contributed by atoms with Gasteiger partial charge in [-0.25, -0.2) is 9.97 Å². The lowest BCUT2D eigenvalue weighted by Gasteiger charge is -2.25. The summed E-state index contributed by atoms with van der Waals surface area (Å²) in [7, 11) is 0. The van der Waals surface area contributed by atoms with Crippen molar-refractivity contribution in [2.75, 3.05) is 6.61 Å². The molecule has 108 valence electrons. The smallest absolute Gasteiger partial charge is 0.254 e. The molecule has 1 aliphatic rings. The van der Waals surface area contributed by atoms with Gasteiger partial charge in [-0.05, 0) is 18.1 Å². The van der Waals surface area contributed by atoms with Crippen molar-refractivity contribution in [3.63, 3.8) is 0 Å². The molecular weight excluding hydrogens is 266 g/mol. The molecule has 1 aromatic carbocycles. The van der Waals surface area contributed by atoms with E-state index in [-0.39, 0.29) is 11.9 Å². The molecule has 1 aromatic heterocycles. The van der Waals surface area contributed by atoms with Crippen molar-refractivity contribution < 1.29 is 9.53 Å². The van der Waals surface area contributed by atoms with Crippen molar-refractivity contribution in [2.45, 2.75) is 25.8 Å². The normalized spacial score (nSPS) is 16.7. The Morgan fingerprint density at radius 3 is 2.86 bits per heavy atom. The number of hydrogen-bond donors (Lipinski definition) is 1. The highest BCUT2D eigenvalue weighted by molar-refractivity contribution is 5.93. The second-order valence-electron chi connectivity index (χ2n) is 5.03. The predicted molar refractivity (Wildman–Crippen MR) is 78.3 cm³/mol. The van der Waals surface area contributed by atoms with Crippen LogP contribution in [0.4, 0.5) is 0 Å². The molecule has 21 heavy (non-hydrogen) atoms. The van der Waals surface area contributed by atoms with Gasteiger partial charge in [-0.1, -0.05) is 25.1 Å². The number of benzene rings is 1. The van der Waals surface area contributed by atoms with Crippen LogP contribution in [0.3, 0.4) is 0 Å². The van der Waals surface area contributed by atoms with Gasteiger partial charge >= 0.3 is 0 Å². The van der Waals surface area contributed by atoms with Gasteiger partial charge in [0.15, 0.2) is 0 Å². The Hall–Kier alpha value is -2.43. The Bertz CT molecular complexity index is 640. The first kappa shape index (κ1) is 13.5. The molecule has 0 saturated carbocycles. The molecule has 0 unspecified atom stereocenters. The average Bonchev–Trinajstić information content (AvgIpc) is 2.55. The molecule has 3 rings (SSSR count). The first-order chi connectivity index (χ1) is 10.3. The Balaban J connectivity index is 1.65. The summed E-state index contributed by atoms with van der Waals surface area (Å²) < 4.78 is 5.66. The number of hydrogen-bond acceptors (Lipinski definition) is 4. The maximum atomic E-state index is 12.2. The summed E-state index contributed by atoms with van der Waals surface area (Å²) in [4.78, 5) is 20.5. The van der Waals surface area contributed by atoms with Crippen LogP contribution in [-0.2, 0) is 12.8 Å². The summed E-state index contributed by atoms with van der Waals surface area (Å²) in [5, 5.41) is 2.97. The molecule has 0 radical (unpaired) electrons. The zero-order valence-electron chi connectivity index (χ0n) is 11.9. The Labute approximate surface area is 123 Å². The van der Waals surface area contributed by atoms with Gasteiger partial charge in [0.25, 0.3) is 5.91 Å². The monoisotopic (exact) mass is 283 g/mol. The Morgan fingerprint density at radius 1 is 1.33 bits per heavy atom. The van der Waals surface area contributed by atoms with E-state index in [1.165, 1.54) is 0 Å². The highest BCUT2D eigenvalue weighted by Gasteiger charge is 2.21. The molecule has 2 heterocycles. The van der Waals surface area contributed by atoms with Crippen molar-refractivity contribution in [1.82, 2.24) is 15.3 Å². The van der Waals surface area contributed by atoms with Crippen LogP contribution in [0.25, 0.3) is 0 Å². The Kier molecular flexibility index (Phi) is 3.81. The Morgan fingerprint density at radius 2 is 2.10 bits per heavy atom. The van der Waals surface area contributed by atoms with Gasteiger partial charge in [-0.2, -0.15) is 0 Å². The van der Waals surface area contributed by atoms with Crippen LogP contribution >= 0.6 is 0 Å². The van der Waals surface area contributed by atoms with Crippen molar-refractivity contribution in [1.29, 1.82) is 0 Å². The summed E-state index contributed by atoms with van der Waals surface area (Å²) in [6, 6.07) is 7.87. The molecular formula is C16H17N3O2. The molecule has 1 aliphatic heterocycles. The SMILES string of the molecule is CCc1ncc(C(=O)N[C@H]2COc3ccccc3C2)cn1. The minimum Gasteiger partial charge on any atom is -0.491 e. The van der Waals surface area contributed by atoms with E-state index in [0.717, 1.165) is 30.0 Å². The van der Waals surface area contributed by atoms with Crippen LogP contribution < -0.4 is 10.1 Å². The summed E-state index contributed by atoms with van der Waals surface area (Å²) in [5.41, 5.74) is 1.60. The number of para-hydroxylation sites is 1. The molecule has 0 aliphatic carbocycles. The lowest BCUT2D eigenvalue weighted by atomic mass is 10.0. The topological polar surface area (TPSA) is 64.1 Å². The van der Waals surface area contributed by atoms with Crippen molar-refractivity contribution in [3.8, 4) is 5.75 Å². The minimum absolute atomic E-state index is 0.0294.